The molecule has 1 aliphatic heterocycles. The predicted octanol–water partition coefficient (Wildman–Crippen LogP) is 3.63. The molecule has 21 heavy (non-hydrogen) atoms. The minimum Gasteiger partial charge on any atom is -0.324 e. The number of rotatable bonds is 6. The van der Waals surface area contributed by atoms with E-state index in [1.54, 1.807) is 0 Å². The SMILES string of the molecule is CCCC1NC(C(C)C)N(CC2(SC)CCCCC2)C1=O. The second-order valence-corrected chi connectivity index (χ2v) is 8.38. The molecule has 1 amide bonds. The third-order valence-electron chi connectivity index (χ3n) is 5.15. The van der Waals surface area contributed by atoms with Crippen LogP contribution in [0.15, 0.2) is 0 Å². The largest absolute Gasteiger partial charge is 0.324 e. The first-order chi connectivity index (χ1) is 10.0. The quantitative estimate of drug-likeness (QED) is 0.813. The summed E-state index contributed by atoms with van der Waals surface area (Å²) in [4.78, 5) is 15.0. The molecule has 2 fully saturated rings. The van der Waals surface area contributed by atoms with Crippen LogP contribution < -0.4 is 5.32 Å². The summed E-state index contributed by atoms with van der Waals surface area (Å²) >= 11 is 1.99. The molecule has 0 radical (unpaired) electrons. The average molecular weight is 313 g/mol. The van der Waals surface area contributed by atoms with Crippen molar-refractivity contribution in [3.05, 3.63) is 0 Å². The van der Waals surface area contributed by atoms with Crippen molar-refractivity contribution in [3.63, 3.8) is 0 Å². The molecule has 0 aromatic heterocycles. The highest BCUT2D eigenvalue weighted by molar-refractivity contribution is 8.00. The van der Waals surface area contributed by atoms with Crippen LogP contribution in [-0.2, 0) is 4.79 Å². The minimum absolute atomic E-state index is 0.0462. The molecule has 2 atom stereocenters. The van der Waals surface area contributed by atoms with Crippen molar-refractivity contribution < 1.29 is 4.79 Å². The first-order valence-corrected chi connectivity index (χ1v) is 9.87. The molecule has 2 rings (SSSR count). The summed E-state index contributed by atoms with van der Waals surface area (Å²) in [6.07, 6.45) is 11.0. The minimum atomic E-state index is 0.0462. The Morgan fingerprint density at radius 3 is 2.52 bits per heavy atom. The van der Waals surface area contributed by atoms with Crippen molar-refractivity contribution >= 4 is 17.7 Å². The van der Waals surface area contributed by atoms with Crippen molar-refractivity contribution in [1.29, 1.82) is 0 Å². The van der Waals surface area contributed by atoms with Crippen molar-refractivity contribution in [2.75, 3.05) is 12.8 Å². The molecule has 4 heteroatoms. The standard InChI is InChI=1S/C17H32N2OS/c1-5-9-14-16(20)19(15(18-14)13(2)3)12-17(21-4)10-7-6-8-11-17/h13-15,18H,5-12H2,1-4H3. The Bertz CT molecular complexity index is 353. The molecule has 3 nitrogen and oxygen atoms in total. The number of thioether (sulfide) groups is 1. The summed E-state index contributed by atoms with van der Waals surface area (Å²) in [5.41, 5.74) is 0. The van der Waals surface area contributed by atoms with E-state index in [1.165, 1.54) is 32.1 Å². The Kier molecular flexibility index (Phi) is 6.01. The zero-order chi connectivity index (χ0) is 15.5. The van der Waals surface area contributed by atoms with Gasteiger partial charge in [-0.3, -0.25) is 10.1 Å². The maximum Gasteiger partial charge on any atom is 0.241 e. The summed E-state index contributed by atoms with van der Waals surface area (Å²) in [7, 11) is 0. The van der Waals surface area contributed by atoms with E-state index in [4.69, 9.17) is 0 Å². The smallest absolute Gasteiger partial charge is 0.241 e. The number of hydrogen-bond acceptors (Lipinski definition) is 3. The van der Waals surface area contributed by atoms with Crippen LogP contribution in [0.25, 0.3) is 0 Å². The Morgan fingerprint density at radius 1 is 1.33 bits per heavy atom. The predicted molar refractivity (Wildman–Crippen MR) is 91.5 cm³/mol. The van der Waals surface area contributed by atoms with Crippen molar-refractivity contribution in [1.82, 2.24) is 10.2 Å². The lowest BCUT2D eigenvalue weighted by atomic mass is 9.87. The van der Waals surface area contributed by atoms with Gasteiger partial charge in [-0.2, -0.15) is 11.8 Å². The molecule has 0 aromatic rings. The lowest BCUT2D eigenvalue weighted by molar-refractivity contribution is -0.131. The summed E-state index contributed by atoms with van der Waals surface area (Å²) in [5.74, 6) is 0.813. The number of carbonyl (C=O) groups is 1. The van der Waals surface area contributed by atoms with Crippen LogP contribution in [0, 0.1) is 5.92 Å². The normalized spacial score (nSPS) is 29.4. The van der Waals surface area contributed by atoms with E-state index in [-0.39, 0.29) is 12.2 Å². The Balaban J connectivity index is 2.12. The number of nitrogens with one attached hydrogen (secondary N) is 1. The molecule has 0 aromatic carbocycles. The van der Waals surface area contributed by atoms with Crippen molar-refractivity contribution in [3.8, 4) is 0 Å². The zero-order valence-corrected chi connectivity index (χ0v) is 15.0. The van der Waals surface area contributed by atoms with Crippen molar-refractivity contribution in [2.24, 2.45) is 5.92 Å². The van der Waals surface area contributed by atoms with Gasteiger partial charge >= 0.3 is 0 Å². The summed E-state index contributed by atoms with van der Waals surface area (Å²) < 4.78 is 0.295. The molecule has 2 aliphatic rings. The van der Waals surface area contributed by atoms with Crippen LogP contribution in [0.2, 0.25) is 0 Å². The molecule has 1 saturated carbocycles. The molecule has 0 spiro atoms. The van der Waals surface area contributed by atoms with E-state index in [9.17, 15) is 4.79 Å². The van der Waals surface area contributed by atoms with Gasteiger partial charge in [0.05, 0.1) is 12.2 Å². The fourth-order valence-corrected chi connectivity index (χ4v) is 4.83. The van der Waals surface area contributed by atoms with E-state index >= 15 is 0 Å². The Morgan fingerprint density at radius 2 is 2.00 bits per heavy atom. The molecule has 1 heterocycles. The molecule has 0 bridgehead atoms. The highest BCUT2D eigenvalue weighted by atomic mass is 32.2. The van der Waals surface area contributed by atoms with Crippen LogP contribution >= 0.6 is 11.8 Å². The third-order valence-corrected chi connectivity index (χ3v) is 6.56. The number of amides is 1. The second kappa shape index (κ2) is 7.36. The van der Waals surface area contributed by atoms with E-state index in [0.717, 1.165) is 19.4 Å². The number of nitrogens with zero attached hydrogens (tertiary/aromatic N) is 1. The van der Waals surface area contributed by atoms with Crippen LogP contribution in [0.4, 0.5) is 0 Å². The van der Waals surface area contributed by atoms with Gasteiger partial charge in [-0.1, -0.05) is 46.5 Å². The van der Waals surface area contributed by atoms with Gasteiger partial charge in [0.15, 0.2) is 0 Å². The van der Waals surface area contributed by atoms with Gasteiger partial charge in [0.25, 0.3) is 0 Å². The van der Waals surface area contributed by atoms with Crippen LogP contribution in [-0.4, -0.2) is 40.6 Å². The molecule has 2 unspecified atom stereocenters. The monoisotopic (exact) mass is 312 g/mol. The molecule has 1 aliphatic carbocycles. The van der Waals surface area contributed by atoms with Gasteiger partial charge < -0.3 is 4.90 Å². The van der Waals surface area contributed by atoms with Gasteiger partial charge in [0.1, 0.15) is 0 Å². The summed E-state index contributed by atoms with van der Waals surface area (Å²) in [5, 5.41) is 3.59. The Labute approximate surface area is 134 Å². The average Bonchev–Trinajstić information content (AvgIpc) is 2.78. The van der Waals surface area contributed by atoms with E-state index < -0.39 is 0 Å². The number of hydrogen-bond donors (Lipinski definition) is 1. The molecular weight excluding hydrogens is 280 g/mol. The summed E-state index contributed by atoms with van der Waals surface area (Å²) in [6.45, 7) is 7.54. The van der Waals surface area contributed by atoms with Gasteiger partial charge in [0, 0.05) is 11.3 Å². The number of carbonyl (C=O) groups excluding carboxylic acids is 1. The Hall–Kier alpha value is -0.220. The van der Waals surface area contributed by atoms with E-state index in [0.29, 0.717) is 16.6 Å². The first kappa shape index (κ1) is 17.1. The fraction of sp³-hybridized carbons (Fsp3) is 0.941. The lowest BCUT2D eigenvalue weighted by Gasteiger charge is -2.41. The molecule has 1 N–H and O–H groups in total. The molecule has 1 saturated heterocycles. The van der Waals surface area contributed by atoms with Crippen molar-refractivity contribution in [2.45, 2.75) is 82.7 Å². The lowest BCUT2D eigenvalue weighted by Crippen LogP contribution is -2.49. The maximum atomic E-state index is 12.8. The second-order valence-electron chi connectivity index (χ2n) is 7.11. The first-order valence-electron chi connectivity index (χ1n) is 8.64. The zero-order valence-electron chi connectivity index (χ0n) is 14.2. The van der Waals surface area contributed by atoms with Gasteiger partial charge in [-0.15, -0.1) is 0 Å². The third kappa shape index (κ3) is 3.76. The van der Waals surface area contributed by atoms with Gasteiger partial charge in [-0.25, -0.2) is 0 Å². The van der Waals surface area contributed by atoms with E-state index in [2.05, 4.69) is 37.2 Å². The topological polar surface area (TPSA) is 32.3 Å². The van der Waals surface area contributed by atoms with E-state index in [1.807, 2.05) is 11.8 Å². The van der Waals surface area contributed by atoms with Crippen LogP contribution in [0.5, 0.6) is 0 Å². The van der Waals surface area contributed by atoms with Crippen LogP contribution in [0.1, 0.15) is 65.7 Å². The molecule has 122 valence electrons. The molecular formula is C17H32N2OS. The fourth-order valence-electron chi connectivity index (χ4n) is 3.86. The summed E-state index contributed by atoms with van der Waals surface area (Å²) in [6, 6.07) is 0.0462. The maximum absolute atomic E-state index is 12.8. The highest BCUT2D eigenvalue weighted by Crippen LogP contribution is 2.40. The highest BCUT2D eigenvalue weighted by Gasteiger charge is 2.44. The van der Waals surface area contributed by atoms with Gasteiger partial charge in [0.2, 0.25) is 5.91 Å². The van der Waals surface area contributed by atoms with Gasteiger partial charge in [-0.05, 0) is 31.4 Å². The van der Waals surface area contributed by atoms with Crippen LogP contribution in [0.3, 0.4) is 0 Å².